The first-order valence-electron chi connectivity index (χ1n) is 7.66. The maximum absolute atomic E-state index is 12.4. The van der Waals surface area contributed by atoms with Crippen molar-refractivity contribution in [1.82, 2.24) is 14.8 Å². The van der Waals surface area contributed by atoms with Gasteiger partial charge in [0.1, 0.15) is 11.9 Å². The highest BCUT2D eigenvalue weighted by Crippen LogP contribution is 2.41. The van der Waals surface area contributed by atoms with Gasteiger partial charge in [0.05, 0.1) is 11.1 Å². The summed E-state index contributed by atoms with van der Waals surface area (Å²) >= 11 is 0. The number of amides is 1. The largest absolute Gasteiger partial charge is 0.305 e. The van der Waals surface area contributed by atoms with Gasteiger partial charge in [-0.3, -0.25) is 9.48 Å². The molecule has 0 atom stereocenters. The molecule has 0 radical (unpaired) electrons. The summed E-state index contributed by atoms with van der Waals surface area (Å²) in [4.78, 5) is 16.5. The molecule has 2 heterocycles. The Morgan fingerprint density at radius 3 is 2.65 bits per heavy atom. The summed E-state index contributed by atoms with van der Waals surface area (Å²) in [5.41, 5.74) is 1.81. The van der Waals surface area contributed by atoms with Crippen LogP contribution in [-0.2, 0) is 5.54 Å². The molecule has 1 aliphatic rings. The standard InChI is InChI=1S/C17H19N5O/c1-17(2,3)22-14(12-5-6-12)8-13(21-22)16(23)20-15-7-4-11(9-18)10-19-15/h4,7-8,10,12H,5-6H2,1-3H3,(H,19,20,23). The monoisotopic (exact) mass is 309 g/mol. The van der Waals surface area contributed by atoms with Gasteiger partial charge in [-0.1, -0.05) is 0 Å². The number of hydrogen-bond donors (Lipinski definition) is 1. The highest BCUT2D eigenvalue weighted by molar-refractivity contribution is 6.02. The Labute approximate surface area is 135 Å². The smallest absolute Gasteiger partial charge is 0.277 e. The quantitative estimate of drug-likeness (QED) is 0.944. The number of anilines is 1. The number of pyridine rings is 1. The van der Waals surface area contributed by atoms with E-state index in [4.69, 9.17) is 5.26 Å². The van der Waals surface area contributed by atoms with Crippen LogP contribution in [0.4, 0.5) is 5.82 Å². The van der Waals surface area contributed by atoms with E-state index in [2.05, 4.69) is 36.2 Å². The Hall–Kier alpha value is -2.68. The van der Waals surface area contributed by atoms with E-state index in [0.717, 1.165) is 18.5 Å². The van der Waals surface area contributed by atoms with E-state index >= 15 is 0 Å². The molecule has 2 aromatic heterocycles. The predicted molar refractivity (Wildman–Crippen MR) is 86.1 cm³/mol. The third-order valence-corrected chi connectivity index (χ3v) is 3.73. The van der Waals surface area contributed by atoms with Gasteiger partial charge in [0.15, 0.2) is 5.69 Å². The molecule has 6 nitrogen and oxygen atoms in total. The molecule has 0 unspecified atom stereocenters. The van der Waals surface area contributed by atoms with Crippen molar-refractivity contribution in [2.45, 2.75) is 45.1 Å². The molecule has 1 aliphatic carbocycles. The Morgan fingerprint density at radius 1 is 1.39 bits per heavy atom. The topological polar surface area (TPSA) is 83.6 Å². The lowest BCUT2D eigenvalue weighted by atomic mass is 10.1. The van der Waals surface area contributed by atoms with E-state index in [0.29, 0.717) is 23.0 Å². The molecule has 0 bridgehead atoms. The predicted octanol–water partition coefficient (Wildman–Crippen LogP) is 3.03. The van der Waals surface area contributed by atoms with Crippen molar-refractivity contribution < 1.29 is 4.79 Å². The van der Waals surface area contributed by atoms with E-state index in [-0.39, 0.29) is 11.4 Å². The lowest BCUT2D eigenvalue weighted by Crippen LogP contribution is -2.25. The zero-order valence-corrected chi connectivity index (χ0v) is 13.5. The van der Waals surface area contributed by atoms with Crippen molar-refractivity contribution in [2.24, 2.45) is 0 Å². The molecule has 0 aromatic carbocycles. The molecule has 118 valence electrons. The fourth-order valence-corrected chi connectivity index (χ4v) is 2.43. The van der Waals surface area contributed by atoms with Crippen molar-refractivity contribution in [2.75, 3.05) is 5.32 Å². The van der Waals surface area contributed by atoms with Crippen molar-refractivity contribution in [1.29, 1.82) is 5.26 Å². The highest BCUT2D eigenvalue weighted by Gasteiger charge is 2.32. The Balaban J connectivity index is 1.83. The van der Waals surface area contributed by atoms with Crippen molar-refractivity contribution >= 4 is 11.7 Å². The minimum atomic E-state index is -0.285. The number of nitriles is 1. The second-order valence-corrected chi connectivity index (χ2v) is 6.81. The first-order valence-corrected chi connectivity index (χ1v) is 7.66. The van der Waals surface area contributed by atoms with Crippen LogP contribution in [0.5, 0.6) is 0 Å². The van der Waals surface area contributed by atoms with Crippen LogP contribution in [0, 0.1) is 11.3 Å². The second kappa shape index (κ2) is 5.51. The van der Waals surface area contributed by atoms with Gasteiger partial charge in [-0.25, -0.2) is 4.98 Å². The minimum absolute atomic E-state index is 0.164. The molecule has 1 saturated carbocycles. The molecule has 0 saturated heterocycles. The molecule has 3 rings (SSSR count). The van der Waals surface area contributed by atoms with Crippen LogP contribution in [0.15, 0.2) is 24.4 Å². The van der Waals surface area contributed by atoms with Gasteiger partial charge < -0.3 is 5.32 Å². The lowest BCUT2D eigenvalue weighted by Gasteiger charge is -2.22. The minimum Gasteiger partial charge on any atom is -0.305 e. The van der Waals surface area contributed by atoms with Gasteiger partial charge >= 0.3 is 0 Å². The molecule has 23 heavy (non-hydrogen) atoms. The van der Waals surface area contributed by atoms with E-state index in [1.807, 2.05) is 16.8 Å². The zero-order valence-electron chi connectivity index (χ0n) is 13.5. The Bertz CT molecular complexity index is 773. The SMILES string of the molecule is CC(C)(C)n1nc(C(=O)Nc2ccc(C#N)cn2)cc1C1CC1. The van der Waals surface area contributed by atoms with Gasteiger partial charge in [0.25, 0.3) is 5.91 Å². The van der Waals surface area contributed by atoms with Gasteiger partial charge in [-0.15, -0.1) is 0 Å². The van der Waals surface area contributed by atoms with E-state index < -0.39 is 0 Å². The number of carbonyl (C=O) groups is 1. The first kappa shape index (κ1) is 15.2. The second-order valence-electron chi connectivity index (χ2n) is 6.81. The summed E-state index contributed by atoms with van der Waals surface area (Å²) in [5, 5.41) is 16.0. The highest BCUT2D eigenvalue weighted by atomic mass is 16.2. The van der Waals surface area contributed by atoms with Crippen LogP contribution in [0.25, 0.3) is 0 Å². The van der Waals surface area contributed by atoms with Gasteiger partial charge in [0, 0.05) is 17.8 Å². The average Bonchev–Trinajstić information content (AvgIpc) is 3.24. The van der Waals surface area contributed by atoms with E-state index in [1.54, 1.807) is 12.1 Å². The van der Waals surface area contributed by atoms with Crippen molar-refractivity contribution in [3.63, 3.8) is 0 Å². The molecular formula is C17H19N5O. The number of hydrogen-bond acceptors (Lipinski definition) is 4. The summed E-state index contributed by atoms with van der Waals surface area (Å²) in [6.07, 6.45) is 3.74. The van der Waals surface area contributed by atoms with Crippen molar-refractivity contribution in [3.05, 3.63) is 41.3 Å². The molecule has 1 N–H and O–H groups in total. The molecule has 1 amide bonds. The van der Waals surface area contributed by atoms with E-state index in [1.165, 1.54) is 6.20 Å². The van der Waals surface area contributed by atoms with Crippen LogP contribution >= 0.6 is 0 Å². The zero-order chi connectivity index (χ0) is 16.6. The Morgan fingerprint density at radius 2 is 2.13 bits per heavy atom. The van der Waals surface area contributed by atoms with Crippen LogP contribution in [-0.4, -0.2) is 20.7 Å². The van der Waals surface area contributed by atoms with Crippen LogP contribution in [0.3, 0.4) is 0 Å². The van der Waals surface area contributed by atoms with Crippen LogP contribution < -0.4 is 5.32 Å². The molecular weight excluding hydrogens is 290 g/mol. The molecule has 0 spiro atoms. The maximum atomic E-state index is 12.4. The van der Waals surface area contributed by atoms with E-state index in [9.17, 15) is 4.79 Å². The molecule has 0 aliphatic heterocycles. The fourth-order valence-electron chi connectivity index (χ4n) is 2.43. The van der Waals surface area contributed by atoms with Gasteiger partial charge in [-0.2, -0.15) is 10.4 Å². The van der Waals surface area contributed by atoms with Crippen LogP contribution in [0.2, 0.25) is 0 Å². The summed E-state index contributed by atoms with van der Waals surface area (Å²) in [6.45, 7) is 6.24. The summed E-state index contributed by atoms with van der Waals surface area (Å²) in [7, 11) is 0. The van der Waals surface area contributed by atoms with Crippen LogP contribution in [0.1, 0.15) is 61.3 Å². The van der Waals surface area contributed by atoms with Gasteiger partial charge in [-0.05, 0) is 51.8 Å². The first-order chi connectivity index (χ1) is 10.9. The summed E-state index contributed by atoms with van der Waals surface area (Å²) in [6, 6.07) is 7.10. The molecule has 1 fully saturated rings. The third kappa shape index (κ3) is 3.24. The maximum Gasteiger partial charge on any atom is 0.277 e. The molecule has 2 aromatic rings. The normalized spacial score (nSPS) is 14.3. The summed E-state index contributed by atoms with van der Waals surface area (Å²) < 4.78 is 1.95. The van der Waals surface area contributed by atoms with Gasteiger partial charge in [0.2, 0.25) is 0 Å². The third-order valence-electron chi connectivity index (χ3n) is 3.73. The Kier molecular flexibility index (Phi) is 3.64. The number of aromatic nitrogens is 3. The van der Waals surface area contributed by atoms with Crippen molar-refractivity contribution in [3.8, 4) is 6.07 Å². The number of rotatable bonds is 3. The summed E-state index contributed by atoms with van der Waals surface area (Å²) in [5.74, 6) is 0.635. The number of nitrogens with one attached hydrogen (secondary N) is 1. The fraction of sp³-hybridized carbons (Fsp3) is 0.412. The molecule has 6 heteroatoms. The lowest BCUT2D eigenvalue weighted by molar-refractivity contribution is 0.102. The average molecular weight is 309 g/mol. The number of carbonyl (C=O) groups excluding carboxylic acids is 1. The number of nitrogens with zero attached hydrogens (tertiary/aromatic N) is 4.